The molecule has 1 aliphatic rings. The summed E-state index contributed by atoms with van der Waals surface area (Å²) in [6.45, 7) is 0.515. The molecule has 0 saturated carbocycles. The van der Waals surface area contributed by atoms with Crippen LogP contribution in [0.1, 0.15) is 33.2 Å². The largest absolute Gasteiger partial charge is 0.507 e. The molecule has 1 aromatic heterocycles. The van der Waals surface area contributed by atoms with E-state index >= 15 is 0 Å². The molecule has 1 atom stereocenters. The van der Waals surface area contributed by atoms with Gasteiger partial charge in [-0.15, -0.1) is 0 Å². The zero-order valence-electron chi connectivity index (χ0n) is 18.0. The van der Waals surface area contributed by atoms with E-state index in [0.717, 1.165) is 22.4 Å². The lowest BCUT2D eigenvalue weighted by atomic mass is 9.95. The number of phenols is 1. The number of rotatable bonds is 6. The summed E-state index contributed by atoms with van der Waals surface area (Å²) in [5, 5.41) is 18.4. The summed E-state index contributed by atoms with van der Waals surface area (Å²) < 4.78 is 5.24. The zero-order chi connectivity index (χ0) is 22.9. The van der Waals surface area contributed by atoms with Crippen molar-refractivity contribution in [3.05, 3.63) is 100 Å². The van der Waals surface area contributed by atoms with Crippen LogP contribution in [0.5, 0.6) is 11.5 Å². The second-order valence-corrected chi connectivity index (χ2v) is 8.37. The number of amides is 1. The highest BCUT2D eigenvalue weighted by Crippen LogP contribution is 2.44. The highest BCUT2D eigenvalue weighted by molar-refractivity contribution is 6.30. The van der Waals surface area contributed by atoms with Crippen molar-refractivity contribution in [2.45, 2.75) is 12.5 Å². The summed E-state index contributed by atoms with van der Waals surface area (Å²) in [6, 6.07) is 22.0. The molecule has 2 N–H and O–H groups in total. The van der Waals surface area contributed by atoms with Crippen molar-refractivity contribution in [1.29, 1.82) is 0 Å². The van der Waals surface area contributed by atoms with Gasteiger partial charge in [-0.25, -0.2) is 0 Å². The van der Waals surface area contributed by atoms with E-state index in [9.17, 15) is 9.90 Å². The first-order chi connectivity index (χ1) is 16.1. The lowest BCUT2D eigenvalue weighted by Gasteiger charge is -2.26. The van der Waals surface area contributed by atoms with Crippen LogP contribution in [0.4, 0.5) is 0 Å². The van der Waals surface area contributed by atoms with Crippen molar-refractivity contribution >= 4 is 17.5 Å². The number of methoxy groups -OCH3 is 1. The average molecular weight is 460 g/mol. The van der Waals surface area contributed by atoms with Gasteiger partial charge >= 0.3 is 0 Å². The minimum Gasteiger partial charge on any atom is -0.507 e. The number of halogens is 1. The Kier molecular flexibility index (Phi) is 5.52. The van der Waals surface area contributed by atoms with E-state index in [-0.39, 0.29) is 17.7 Å². The quantitative estimate of drug-likeness (QED) is 0.413. The molecule has 0 bridgehead atoms. The lowest BCUT2D eigenvalue weighted by molar-refractivity contribution is 0.0746. The average Bonchev–Trinajstić information content (AvgIpc) is 3.38. The Morgan fingerprint density at radius 2 is 1.79 bits per heavy atom. The molecule has 6 nitrogen and oxygen atoms in total. The second-order valence-electron chi connectivity index (χ2n) is 7.93. The van der Waals surface area contributed by atoms with Gasteiger partial charge in [-0.2, -0.15) is 5.10 Å². The molecule has 1 aliphatic heterocycles. The van der Waals surface area contributed by atoms with E-state index < -0.39 is 0 Å². The van der Waals surface area contributed by atoms with E-state index in [4.69, 9.17) is 16.3 Å². The Labute approximate surface area is 196 Å². The fourth-order valence-corrected chi connectivity index (χ4v) is 4.47. The van der Waals surface area contributed by atoms with Gasteiger partial charge in [-0.05, 0) is 53.9 Å². The molecule has 3 aromatic carbocycles. The van der Waals surface area contributed by atoms with Crippen LogP contribution in [0.25, 0.3) is 11.3 Å². The molecule has 0 unspecified atom stereocenters. The van der Waals surface area contributed by atoms with Gasteiger partial charge in [0.1, 0.15) is 22.9 Å². The molecular formula is C26H22ClN3O3. The molecular weight excluding hydrogens is 438 g/mol. The molecule has 33 heavy (non-hydrogen) atoms. The number of nitrogens with one attached hydrogen (secondary N) is 1. The van der Waals surface area contributed by atoms with Gasteiger partial charge in [0.15, 0.2) is 0 Å². The fourth-order valence-electron chi connectivity index (χ4n) is 4.34. The van der Waals surface area contributed by atoms with Gasteiger partial charge in [0.25, 0.3) is 5.91 Å². The molecule has 0 spiro atoms. The SMILES string of the molecule is COc1ccc(CCN2C(=O)c3[nH]nc(-c4ccccc4O)c3[C@H]2c2ccc(Cl)cc2)cc1. The summed E-state index contributed by atoms with van der Waals surface area (Å²) in [4.78, 5) is 15.3. The number of benzene rings is 3. The third-order valence-corrected chi connectivity index (χ3v) is 6.26. The number of hydrogen-bond donors (Lipinski definition) is 2. The van der Waals surface area contributed by atoms with E-state index in [2.05, 4.69) is 10.2 Å². The van der Waals surface area contributed by atoms with Crippen LogP contribution in [0.3, 0.4) is 0 Å². The van der Waals surface area contributed by atoms with Gasteiger partial charge in [0.2, 0.25) is 0 Å². The molecule has 7 heteroatoms. The normalized spacial score (nSPS) is 15.0. The van der Waals surface area contributed by atoms with Crippen LogP contribution >= 0.6 is 11.6 Å². The number of hydrogen-bond acceptors (Lipinski definition) is 4. The second kappa shape index (κ2) is 8.64. The maximum atomic E-state index is 13.4. The predicted octanol–water partition coefficient (Wildman–Crippen LogP) is 5.23. The van der Waals surface area contributed by atoms with Crippen molar-refractivity contribution in [1.82, 2.24) is 15.1 Å². The van der Waals surface area contributed by atoms with E-state index in [1.807, 2.05) is 59.5 Å². The first-order valence-electron chi connectivity index (χ1n) is 10.6. The monoisotopic (exact) mass is 459 g/mol. The molecule has 1 amide bonds. The first kappa shape index (κ1) is 21.1. The number of phenolic OH excluding ortho intramolecular Hbond substituents is 1. The molecule has 0 saturated heterocycles. The van der Waals surface area contributed by atoms with Crippen LogP contribution < -0.4 is 4.74 Å². The fraction of sp³-hybridized carbons (Fsp3) is 0.154. The van der Waals surface area contributed by atoms with Crippen molar-refractivity contribution in [2.24, 2.45) is 0 Å². The van der Waals surface area contributed by atoms with Gasteiger partial charge in [-0.1, -0.05) is 48.0 Å². The predicted molar refractivity (Wildman–Crippen MR) is 127 cm³/mol. The molecule has 2 heterocycles. The number of nitrogens with zero attached hydrogens (tertiary/aromatic N) is 2. The molecule has 0 aliphatic carbocycles. The molecule has 0 fully saturated rings. The molecule has 5 rings (SSSR count). The van der Waals surface area contributed by atoms with Crippen LogP contribution in [-0.4, -0.2) is 39.8 Å². The number of aromatic amines is 1. The Balaban J connectivity index is 1.54. The van der Waals surface area contributed by atoms with Crippen molar-refractivity contribution < 1.29 is 14.6 Å². The van der Waals surface area contributed by atoms with Crippen molar-refractivity contribution in [2.75, 3.05) is 13.7 Å². The topological polar surface area (TPSA) is 78.5 Å². The number of carbonyl (C=O) groups excluding carboxylic acids is 1. The molecule has 0 radical (unpaired) electrons. The molecule has 166 valence electrons. The highest BCUT2D eigenvalue weighted by atomic mass is 35.5. The van der Waals surface area contributed by atoms with Crippen molar-refractivity contribution in [3.63, 3.8) is 0 Å². The van der Waals surface area contributed by atoms with E-state index in [0.29, 0.717) is 34.9 Å². The number of H-pyrrole nitrogens is 1. The number of aromatic hydroxyl groups is 1. The lowest BCUT2D eigenvalue weighted by Crippen LogP contribution is -2.31. The van der Waals surface area contributed by atoms with Gasteiger partial charge in [0, 0.05) is 22.7 Å². The maximum absolute atomic E-state index is 13.4. The number of para-hydroxylation sites is 1. The Morgan fingerprint density at radius 1 is 1.06 bits per heavy atom. The third kappa shape index (κ3) is 3.83. The van der Waals surface area contributed by atoms with Crippen molar-refractivity contribution in [3.8, 4) is 22.8 Å². The van der Waals surface area contributed by atoms with Gasteiger partial charge in [-0.3, -0.25) is 9.89 Å². The van der Waals surface area contributed by atoms with Gasteiger partial charge in [0.05, 0.1) is 13.2 Å². The van der Waals surface area contributed by atoms with E-state index in [1.54, 1.807) is 25.3 Å². The summed E-state index contributed by atoms with van der Waals surface area (Å²) in [6.07, 6.45) is 0.684. The maximum Gasteiger partial charge on any atom is 0.273 e. The number of aromatic nitrogens is 2. The van der Waals surface area contributed by atoms with E-state index in [1.165, 1.54) is 0 Å². The third-order valence-electron chi connectivity index (χ3n) is 6.01. The number of ether oxygens (including phenoxy) is 1. The zero-order valence-corrected chi connectivity index (χ0v) is 18.7. The van der Waals surface area contributed by atoms with Crippen LogP contribution in [0, 0.1) is 0 Å². The smallest absolute Gasteiger partial charge is 0.273 e. The van der Waals surface area contributed by atoms with Crippen LogP contribution in [0.2, 0.25) is 5.02 Å². The minimum atomic E-state index is -0.351. The Morgan fingerprint density at radius 3 is 2.48 bits per heavy atom. The summed E-state index contributed by atoms with van der Waals surface area (Å²) in [7, 11) is 1.64. The minimum absolute atomic E-state index is 0.116. The standard InChI is InChI=1S/C26H22ClN3O3/c1-33-19-12-6-16(7-13-19)14-15-30-25(17-8-10-18(27)11-9-17)22-23(28-29-24(22)26(30)32)20-4-2-3-5-21(20)31/h2-13,25,31H,14-15H2,1H3,(H,28,29)/t25-/m1/s1. The van der Waals surface area contributed by atoms with Gasteiger partial charge < -0.3 is 14.7 Å². The molecule has 4 aromatic rings. The number of fused-ring (bicyclic) bond motifs is 1. The highest BCUT2D eigenvalue weighted by Gasteiger charge is 2.42. The Bertz CT molecular complexity index is 1300. The summed E-state index contributed by atoms with van der Waals surface area (Å²) in [5.74, 6) is 0.793. The van der Waals surface area contributed by atoms with Crippen LogP contribution in [0.15, 0.2) is 72.8 Å². The Hall–Kier alpha value is -3.77. The summed E-state index contributed by atoms with van der Waals surface area (Å²) >= 11 is 6.13. The number of carbonyl (C=O) groups is 1. The van der Waals surface area contributed by atoms with Crippen LogP contribution in [-0.2, 0) is 6.42 Å². The summed E-state index contributed by atoms with van der Waals surface area (Å²) in [5.41, 5.74) is 4.40. The first-order valence-corrected chi connectivity index (χ1v) is 11.0.